The molecule has 0 amide bonds. The summed E-state index contributed by atoms with van der Waals surface area (Å²) in [6.45, 7) is 2.26. The van der Waals surface area contributed by atoms with Crippen molar-refractivity contribution in [1.82, 2.24) is 4.90 Å². The number of nitrogens with zero attached hydrogens (tertiary/aromatic N) is 1. The predicted molar refractivity (Wildman–Crippen MR) is 62.5 cm³/mol. The van der Waals surface area contributed by atoms with Gasteiger partial charge in [0.2, 0.25) is 0 Å². The maximum atomic E-state index is 12.1. The first-order valence-corrected chi connectivity index (χ1v) is 5.67. The minimum atomic E-state index is -0.279. The van der Waals surface area contributed by atoms with Crippen LogP contribution in [0.15, 0.2) is 0 Å². The number of hydrogen-bond acceptors (Lipinski definition) is 2. The van der Waals surface area contributed by atoms with E-state index < -0.39 is 0 Å². The fourth-order valence-corrected chi connectivity index (χ4v) is 2.47. The standard InChI is InChI=1S/C13H21NO/c1-5-6-12(15)13(14(3)4)9-7-11(2)8-10-13/h1,11H,6-10H2,2-4H3. The highest BCUT2D eigenvalue weighted by molar-refractivity contribution is 5.90. The summed E-state index contributed by atoms with van der Waals surface area (Å²) in [5.41, 5.74) is -0.279. The minimum absolute atomic E-state index is 0.224. The van der Waals surface area contributed by atoms with Crippen molar-refractivity contribution >= 4 is 5.78 Å². The van der Waals surface area contributed by atoms with Gasteiger partial charge in [-0.15, -0.1) is 6.42 Å². The van der Waals surface area contributed by atoms with E-state index in [9.17, 15) is 4.79 Å². The van der Waals surface area contributed by atoms with E-state index in [-0.39, 0.29) is 17.7 Å². The third kappa shape index (κ3) is 2.41. The van der Waals surface area contributed by atoms with Crippen LogP contribution in [0.4, 0.5) is 0 Å². The van der Waals surface area contributed by atoms with Crippen LogP contribution in [0.2, 0.25) is 0 Å². The molecule has 1 saturated carbocycles. The average molecular weight is 207 g/mol. The fraction of sp³-hybridized carbons (Fsp3) is 0.769. The summed E-state index contributed by atoms with van der Waals surface area (Å²) in [7, 11) is 3.98. The van der Waals surface area contributed by atoms with Crippen LogP contribution in [-0.2, 0) is 4.79 Å². The third-order valence-electron chi connectivity index (χ3n) is 3.74. The maximum absolute atomic E-state index is 12.1. The van der Waals surface area contributed by atoms with Crippen LogP contribution in [0, 0.1) is 18.3 Å². The van der Waals surface area contributed by atoms with Crippen LogP contribution in [0.25, 0.3) is 0 Å². The number of carbonyl (C=O) groups excluding carboxylic acids is 1. The Balaban J connectivity index is 2.81. The second-order valence-corrected chi connectivity index (χ2v) is 4.91. The van der Waals surface area contributed by atoms with Crippen LogP contribution in [0.3, 0.4) is 0 Å². The normalized spacial score (nSPS) is 31.3. The molecule has 1 aliphatic carbocycles. The molecule has 0 aromatic rings. The van der Waals surface area contributed by atoms with Crippen molar-refractivity contribution in [2.45, 2.75) is 44.6 Å². The summed E-state index contributed by atoms with van der Waals surface area (Å²) in [4.78, 5) is 14.2. The number of hydrogen-bond donors (Lipinski definition) is 0. The van der Waals surface area contributed by atoms with Gasteiger partial charge in [0.05, 0.1) is 12.0 Å². The highest BCUT2D eigenvalue weighted by Crippen LogP contribution is 2.36. The van der Waals surface area contributed by atoms with Crippen molar-refractivity contribution in [3.05, 3.63) is 0 Å². The van der Waals surface area contributed by atoms with Crippen LogP contribution in [0.5, 0.6) is 0 Å². The number of likely N-dealkylation sites (N-methyl/N-ethyl adjacent to an activating group) is 1. The van der Waals surface area contributed by atoms with Gasteiger partial charge in [-0.3, -0.25) is 9.69 Å². The zero-order valence-electron chi connectivity index (χ0n) is 10.0. The van der Waals surface area contributed by atoms with Gasteiger partial charge in [0.15, 0.2) is 5.78 Å². The monoisotopic (exact) mass is 207 g/mol. The molecular formula is C13H21NO. The first-order chi connectivity index (χ1) is 7.03. The largest absolute Gasteiger partial charge is 0.297 e. The topological polar surface area (TPSA) is 20.3 Å². The molecule has 0 saturated heterocycles. The van der Waals surface area contributed by atoms with Crippen LogP contribution < -0.4 is 0 Å². The first-order valence-electron chi connectivity index (χ1n) is 5.67. The number of carbonyl (C=O) groups is 1. The molecule has 0 heterocycles. The van der Waals surface area contributed by atoms with Crippen molar-refractivity contribution in [3.8, 4) is 12.3 Å². The van der Waals surface area contributed by atoms with E-state index >= 15 is 0 Å². The Morgan fingerprint density at radius 1 is 1.47 bits per heavy atom. The van der Waals surface area contributed by atoms with Crippen molar-refractivity contribution in [3.63, 3.8) is 0 Å². The lowest BCUT2D eigenvalue weighted by molar-refractivity contribution is -0.131. The molecule has 0 unspecified atom stereocenters. The molecule has 84 valence electrons. The zero-order valence-corrected chi connectivity index (χ0v) is 10.0. The van der Waals surface area contributed by atoms with Gasteiger partial charge in [0, 0.05) is 0 Å². The second-order valence-electron chi connectivity index (χ2n) is 4.91. The molecule has 15 heavy (non-hydrogen) atoms. The Hall–Kier alpha value is -0.810. The summed E-state index contributed by atoms with van der Waals surface area (Å²) in [6, 6.07) is 0. The van der Waals surface area contributed by atoms with Gasteiger partial charge in [0.25, 0.3) is 0 Å². The molecule has 1 fully saturated rings. The molecule has 0 aromatic heterocycles. The Kier molecular flexibility index (Phi) is 3.93. The van der Waals surface area contributed by atoms with Gasteiger partial charge in [-0.2, -0.15) is 0 Å². The lowest BCUT2D eigenvalue weighted by Crippen LogP contribution is -2.53. The van der Waals surface area contributed by atoms with Gasteiger partial charge >= 0.3 is 0 Å². The van der Waals surface area contributed by atoms with Crippen LogP contribution in [0.1, 0.15) is 39.0 Å². The summed E-state index contributed by atoms with van der Waals surface area (Å²) in [5.74, 6) is 3.45. The number of ketones is 1. The smallest absolute Gasteiger partial charge is 0.164 e. The van der Waals surface area contributed by atoms with E-state index in [2.05, 4.69) is 17.7 Å². The SMILES string of the molecule is C#CCC(=O)C1(N(C)C)CCC(C)CC1. The first kappa shape index (κ1) is 12.3. The molecule has 0 aromatic carbocycles. The van der Waals surface area contributed by atoms with Crippen molar-refractivity contribution in [1.29, 1.82) is 0 Å². The molecule has 0 spiro atoms. The number of rotatable bonds is 3. The molecular weight excluding hydrogens is 186 g/mol. The molecule has 0 radical (unpaired) electrons. The van der Waals surface area contributed by atoms with Crippen molar-refractivity contribution < 1.29 is 4.79 Å². The molecule has 2 heteroatoms. The average Bonchev–Trinajstić information content (AvgIpc) is 2.19. The lowest BCUT2D eigenvalue weighted by atomic mass is 9.73. The Bertz CT molecular complexity index is 267. The molecule has 0 bridgehead atoms. The van der Waals surface area contributed by atoms with E-state index in [1.165, 1.54) is 0 Å². The van der Waals surface area contributed by atoms with E-state index in [4.69, 9.17) is 6.42 Å². The Morgan fingerprint density at radius 2 is 2.00 bits per heavy atom. The lowest BCUT2D eigenvalue weighted by Gasteiger charge is -2.43. The zero-order chi connectivity index (χ0) is 11.5. The second kappa shape index (κ2) is 4.81. The molecule has 0 atom stereocenters. The van der Waals surface area contributed by atoms with E-state index in [0.717, 1.165) is 31.6 Å². The molecule has 0 N–H and O–H groups in total. The Labute approximate surface area is 93.0 Å². The van der Waals surface area contributed by atoms with E-state index in [0.29, 0.717) is 0 Å². The van der Waals surface area contributed by atoms with E-state index in [1.54, 1.807) is 0 Å². The molecule has 0 aliphatic heterocycles. The van der Waals surface area contributed by atoms with E-state index in [1.807, 2.05) is 14.1 Å². The van der Waals surface area contributed by atoms with Gasteiger partial charge in [-0.1, -0.05) is 12.8 Å². The van der Waals surface area contributed by atoms with Gasteiger partial charge in [-0.05, 0) is 45.7 Å². The highest BCUT2D eigenvalue weighted by Gasteiger charge is 2.41. The summed E-state index contributed by atoms with van der Waals surface area (Å²) in [5, 5.41) is 0. The quantitative estimate of drug-likeness (QED) is 0.660. The summed E-state index contributed by atoms with van der Waals surface area (Å²) >= 11 is 0. The Morgan fingerprint density at radius 3 is 2.40 bits per heavy atom. The fourth-order valence-electron chi connectivity index (χ4n) is 2.47. The van der Waals surface area contributed by atoms with Gasteiger partial charge in [-0.25, -0.2) is 0 Å². The summed E-state index contributed by atoms with van der Waals surface area (Å²) < 4.78 is 0. The molecule has 1 rings (SSSR count). The van der Waals surface area contributed by atoms with Gasteiger partial charge < -0.3 is 0 Å². The molecule has 1 aliphatic rings. The third-order valence-corrected chi connectivity index (χ3v) is 3.74. The summed E-state index contributed by atoms with van der Waals surface area (Å²) in [6.07, 6.45) is 9.69. The van der Waals surface area contributed by atoms with Crippen LogP contribution >= 0.6 is 0 Å². The molecule has 2 nitrogen and oxygen atoms in total. The number of terminal acetylenes is 1. The minimum Gasteiger partial charge on any atom is -0.297 e. The van der Waals surface area contributed by atoms with Crippen molar-refractivity contribution in [2.75, 3.05) is 14.1 Å². The maximum Gasteiger partial charge on any atom is 0.164 e. The van der Waals surface area contributed by atoms with Crippen molar-refractivity contribution in [2.24, 2.45) is 5.92 Å². The van der Waals surface area contributed by atoms with Crippen LogP contribution in [-0.4, -0.2) is 30.3 Å². The highest BCUT2D eigenvalue weighted by atomic mass is 16.1. The number of Topliss-reactive ketones (excluding diaryl/α,β-unsaturated/α-hetero) is 1. The predicted octanol–water partition coefficient (Wildman–Crippen LogP) is 2.09. The van der Waals surface area contributed by atoms with Gasteiger partial charge in [0.1, 0.15) is 0 Å².